The SMILES string of the molecule is O=C(NC(C(=O)NC1CCCCC1)C1CCCCC1)C1=CN=C2NC=C(C3CC3)NC12. The number of amides is 2. The number of fused-ring (bicyclic) bond motifs is 1. The van der Waals surface area contributed by atoms with Crippen LogP contribution in [0.25, 0.3) is 0 Å². The van der Waals surface area contributed by atoms with Gasteiger partial charge < -0.3 is 21.3 Å². The van der Waals surface area contributed by atoms with Crippen LogP contribution in [0.2, 0.25) is 0 Å². The average molecular weight is 426 g/mol. The second kappa shape index (κ2) is 9.05. The van der Waals surface area contributed by atoms with Crippen molar-refractivity contribution in [2.75, 3.05) is 0 Å². The summed E-state index contributed by atoms with van der Waals surface area (Å²) >= 11 is 0. The maximum absolute atomic E-state index is 13.3. The summed E-state index contributed by atoms with van der Waals surface area (Å²) in [6.45, 7) is 0. The highest BCUT2D eigenvalue weighted by Gasteiger charge is 2.39. The maximum atomic E-state index is 13.3. The van der Waals surface area contributed by atoms with E-state index in [1.807, 2.05) is 6.20 Å². The molecule has 2 heterocycles. The standard InChI is InChI=1S/C24H35N5O2/c30-23(18-13-25-22-21(18)28-19(14-26-22)15-11-12-15)29-20(16-7-3-1-4-8-16)24(31)27-17-9-5-2-6-10-17/h13-17,20-21,28H,1-12H2,(H,25,26)(H,27,31)(H,29,30). The number of aliphatic imine (C=N–C) groups is 1. The molecule has 4 N–H and O–H groups in total. The summed E-state index contributed by atoms with van der Waals surface area (Å²) in [7, 11) is 0. The number of nitrogens with one attached hydrogen (secondary N) is 4. The first-order chi connectivity index (χ1) is 15.2. The Balaban J connectivity index is 1.26. The molecule has 0 aromatic rings. The Morgan fingerprint density at radius 1 is 0.968 bits per heavy atom. The molecular weight excluding hydrogens is 390 g/mol. The molecule has 5 rings (SSSR count). The number of nitrogens with zero attached hydrogens (tertiary/aromatic N) is 1. The lowest BCUT2D eigenvalue weighted by Gasteiger charge is -2.33. The molecule has 7 heteroatoms. The highest BCUT2D eigenvalue weighted by molar-refractivity contribution is 6.08. The van der Waals surface area contributed by atoms with Gasteiger partial charge in [0.2, 0.25) is 5.91 Å². The van der Waals surface area contributed by atoms with Crippen molar-refractivity contribution < 1.29 is 9.59 Å². The van der Waals surface area contributed by atoms with Crippen LogP contribution in [0, 0.1) is 11.8 Å². The minimum Gasteiger partial charge on any atom is -0.373 e. The van der Waals surface area contributed by atoms with Gasteiger partial charge in [-0.15, -0.1) is 0 Å². The summed E-state index contributed by atoms with van der Waals surface area (Å²) in [5.74, 6) is 1.36. The van der Waals surface area contributed by atoms with Crippen molar-refractivity contribution in [1.82, 2.24) is 21.3 Å². The fourth-order valence-electron chi connectivity index (χ4n) is 5.51. The quantitative estimate of drug-likeness (QED) is 0.526. The van der Waals surface area contributed by atoms with E-state index in [0.29, 0.717) is 11.5 Å². The van der Waals surface area contributed by atoms with E-state index in [0.717, 1.165) is 50.1 Å². The average Bonchev–Trinajstić information content (AvgIpc) is 3.57. The third-order valence-electron chi connectivity index (χ3n) is 7.53. The molecule has 3 aliphatic carbocycles. The van der Waals surface area contributed by atoms with E-state index in [9.17, 15) is 9.59 Å². The van der Waals surface area contributed by atoms with Gasteiger partial charge in [-0.05, 0) is 44.4 Å². The summed E-state index contributed by atoms with van der Waals surface area (Å²) in [6.07, 6.45) is 17.2. The second-order valence-corrected chi connectivity index (χ2v) is 9.89. The zero-order valence-corrected chi connectivity index (χ0v) is 18.3. The van der Waals surface area contributed by atoms with Crippen molar-refractivity contribution in [3.8, 4) is 0 Å². The smallest absolute Gasteiger partial charge is 0.252 e. The molecule has 168 valence electrons. The number of hydrogen-bond donors (Lipinski definition) is 4. The first-order valence-electron chi connectivity index (χ1n) is 12.3. The van der Waals surface area contributed by atoms with Crippen LogP contribution in [0.1, 0.15) is 77.0 Å². The Kier molecular flexibility index (Phi) is 6.01. The fourth-order valence-corrected chi connectivity index (χ4v) is 5.51. The van der Waals surface area contributed by atoms with Gasteiger partial charge in [0.05, 0.1) is 5.57 Å². The number of carbonyl (C=O) groups is 2. The molecule has 0 saturated heterocycles. The molecular formula is C24H35N5O2. The molecule has 0 aromatic carbocycles. The molecule has 2 unspecified atom stereocenters. The van der Waals surface area contributed by atoms with Crippen LogP contribution in [0.15, 0.2) is 28.7 Å². The van der Waals surface area contributed by atoms with Crippen LogP contribution in [0.3, 0.4) is 0 Å². The largest absolute Gasteiger partial charge is 0.373 e. The van der Waals surface area contributed by atoms with Crippen molar-refractivity contribution in [2.24, 2.45) is 16.8 Å². The van der Waals surface area contributed by atoms with Gasteiger partial charge in [0.25, 0.3) is 5.91 Å². The molecule has 5 aliphatic rings. The van der Waals surface area contributed by atoms with E-state index in [2.05, 4.69) is 26.3 Å². The third-order valence-corrected chi connectivity index (χ3v) is 7.53. The van der Waals surface area contributed by atoms with Crippen molar-refractivity contribution >= 4 is 17.6 Å². The van der Waals surface area contributed by atoms with Gasteiger partial charge >= 0.3 is 0 Å². The molecule has 7 nitrogen and oxygen atoms in total. The number of carbonyl (C=O) groups excluding carboxylic acids is 2. The van der Waals surface area contributed by atoms with Crippen LogP contribution in [-0.2, 0) is 9.59 Å². The Bertz CT molecular complexity index is 801. The minimum atomic E-state index is -0.463. The van der Waals surface area contributed by atoms with Crippen LogP contribution in [0.4, 0.5) is 0 Å². The first-order valence-corrected chi connectivity index (χ1v) is 12.3. The second-order valence-electron chi connectivity index (χ2n) is 9.89. The summed E-state index contributed by atoms with van der Waals surface area (Å²) in [5.41, 5.74) is 1.75. The summed E-state index contributed by atoms with van der Waals surface area (Å²) in [4.78, 5) is 31.0. The van der Waals surface area contributed by atoms with Gasteiger partial charge in [0.1, 0.15) is 17.9 Å². The van der Waals surface area contributed by atoms with Gasteiger partial charge in [0, 0.05) is 30.1 Å². The lowest BCUT2D eigenvalue weighted by molar-refractivity contribution is -0.130. The van der Waals surface area contributed by atoms with Gasteiger partial charge in [-0.2, -0.15) is 0 Å². The van der Waals surface area contributed by atoms with Crippen molar-refractivity contribution in [3.05, 3.63) is 23.7 Å². The Hall–Kier alpha value is -2.31. The molecule has 0 radical (unpaired) electrons. The molecule has 0 spiro atoms. The van der Waals surface area contributed by atoms with Gasteiger partial charge in [-0.3, -0.25) is 9.59 Å². The summed E-state index contributed by atoms with van der Waals surface area (Å²) in [6, 6.07) is -0.455. The van der Waals surface area contributed by atoms with Crippen LogP contribution < -0.4 is 21.3 Å². The topological polar surface area (TPSA) is 94.6 Å². The van der Waals surface area contributed by atoms with E-state index < -0.39 is 6.04 Å². The normalized spacial score (nSPS) is 27.6. The first kappa shape index (κ1) is 20.6. The zero-order valence-electron chi connectivity index (χ0n) is 18.3. The Morgan fingerprint density at radius 2 is 1.68 bits per heavy atom. The van der Waals surface area contributed by atoms with E-state index in [4.69, 9.17) is 0 Å². The predicted molar refractivity (Wildman–Crippen MR) is 120 cm³/mol. The molecule has 2 amide bonds. The molecule has 2 aliphatic heterocycles. The summed E-state index contributed by atoms with van der Waals surface area (Å²) < 4.78 is 0. The molecule has 3 saturated carbocycles. The van der Waals surface area contributed by atoms with Crippen LogP contribution in [-0.4, -0.2) is 35.8 Å². The van der Waals surface area contributed by atoms with Gasteiger partial charge in [-0.1, -0.05) is 38.5 Å². The lowest BCUT2D eigenvalue weighted by Crippen LogP contribution is -2.56. The molecule has 0 aromatic heterocycles. The molecule has 3 fully saturated rings. The third kappa shape index (κ3) is 4.65. The van der Waals surface area contributed by atoms with Crippen molar-refractivity contribution in [2.45, 2.75) is 95.2 Å². The summed E-state index contributed by atoms with van der Waals surface area (Å²) in [5, 5.41) is 13.1. The van der Waals surface area contributed by atoms with E-state index >= 15 is 0 Å². The maximum Gasteiger partial charge on any atom is 0.252 e. The number of hydrogen-bond acceptors (Lipinski definition) is 5. The molecule has 2 atom stereocenters. The van der Waals surface area contributed by atoms with E-state index in [1.165, 1.54) is 38.5 Å². The fraction of sp³-hybridized carbons (Fsp3) is 0.708. The van der Waals surface area contributed by atoms with E-state index in [1.54, 1.807) is 6.20 Å². The highest BCUT2D eigenvalue weighted by atomic mass is 16.2. The number of amidine groups is 1. The van der Waals surface area contributed by atoms with Crippen molar-refractivity contribution in [3.63, 3.8) is 0 Å². The zero-order chi connectivity index (χ0) is 21.2. The molecule has 0 bridgehead atoms. The predicted octanol–water partition coefficient (Wildman–Crippen LogP) is 2.61. The van der Waals surface area contributed by atoms with Gasteiger partial charge in [-0.25, -0.2) is 4.99 Å². The van der Waals surface area contributed by atoms with Gasteiger partial charge in [0.15, 0.2) is 0 Å². The highest BCUT2D eigenvalue weighted by Crippen LogP contribution is 2.36. The number of rotatable bonds is 6. The number of allylic oxidation sites excluding steroid dienone is 1. The Labute approximate surface area is 184 Å². The monoisotopic (exact) mass is 425 g/mol. The lowest BCUT2D eigenvalue weighted by atomic mass is 9.83. The Morgan fingerprint density at radius 3 is 2.39 bits per heavy atom. The minimum absolute atomic E-state index is 0.000169. The van der Waals surface area contributed by atoms with Crippen LogP contribution in [0.5, 0.6) is 0 Å². The van der Waals surface area contributed by atoms with E-state index in [-0.39, 0.29) is 29.8 Å². The van der Waals surface area contributed by atoms with Crippen LogP contribution >= 0.6 is 0 Å². The van der Waals surface area contributed by atoms with Crippen molar-refractivity contribution in [1.29, 1.82) is 0 Å². The molecule has 31 heavy (non-hydrogen) atoms.